The summed E-state index contributed by atoms with van der Waals surface area (Å²) in [6, 6.07) is 8.53. The number of fused-ring (bicyclic) bond motifs is 4. The van der Waals surface area contributed by atoms with Crippen LogP contribution in [0, 0.1) is 23.6 Å². The minimum atomic E-state index is -5.28. The molecule has 0 radical (unpaired) electrons. The number of carbonyl (C=O) groups excluding carboxylic acids is 4. The lowest BCUT2D eigenvalue weighted by Crippen LogP contribution is -2.60. The van der Waals surface area contributed by atoms with Crippen LogP contribution in [-0.2, 0) is 31.5 Å². The number of nitrogens with zero attached hydrogens (tertiary/aromatic N) is 2. The van der Waals surface area contributed by atoms with Crippen molar-refractivity contribution in [2.75, 3.05) is 16.9 Å². The Bertz CT molecular complexity index is 2070. The van der Waals surface area contributed by atoms with Crippen LogP contribution in [0.2, 0.25) is 0 Å². The lowest BCUT2D eigenvalue weighted by Gasteiger charge is -2.50. The number of ether oxygens (including phenoxy) is 1. The molecule has 2 aliphatic heterocycles. The van der Waals surface area contributed by atoms with E-state index in [1.807, 2.05) is 0 Å². The van der Waals surface area contributed by atoms with Gasteiger partial charge in [-0.25, -0.2) is 14.2 Å². The molecule has 3 aromatic rings. The first-order valence-corrected chi connectivity index (χ1v) is 16.3. The standard InChI is InChI=1S/C35H23Cl2F7N2O6/c1-52-20-6-9-25(47)23(13-20)27-21-7-8-22-26(29(49)45(28(22)48)19-11-15(34(39,40)41)10-16(12-19)35(42,43)44)24(21)14-32(36)30(50)46(31(51)33(27,32)37)18-4-2-17(38)3-5-18/h2-7,9-13,22,24,26-27,47H,8,14H2,1H3. The molecule has 2 heterocycles. The summed E-state index contributed by atoms with van der Waals surface area (Å²) in [6.07, 6.45) is -9.98. The lowest BCUT2D eigenvalue weighted by atomic mass is 9.56. The molecule has 6 unspecified atom stereocenters. The number of hydrogen-bond donors (Lipinski definition) is 1. The van der Waals surface area contributed by atoms with E-state index in [0.717, 1.165) is 24.3 Å². The summed E-state index contributed by atoms with van der Waals surface area (Å²) < 4.78 is 102. The van der Waals surface area contributed by atoms with E-state index in [-0.39, 0.29) is 52.1 Å². The Morgan fingerprint density at radius 1 is 0.788 bits per heavy atom. The number of imide groups is 2. The Kier molecular flexibility index (Phi) is 8.04. The van der Waals surface area contributed by atoms with Gasteiger partial charge in [-0.2, -0.15) is 26.3 Å². The summed E-state index contributed by atoms with van der Waals surface area (Å²) in [4.78, 5) is 52.9. The van der Waals surface area contributed by atoms with Crippen molar-refractivity contribution in [3.8, 4) is 11.5 Å². The van der Waals surface area contributed by atoms with Crippen molar-refractivity contribution in [1.29, 1.82) is 0 Å². The predicted octanol–water partition coefficient (Wildman–Crippen LogP) is 7.35. The molecule has 4 amide bonds. The monoisotopic (exact) mass is 770 g/mol. The van der Waals surface area contributed by atoms with Gasteiger partial charge in [0.15, 0.2) is 9.75 Å². The molecule has 3 fully saturated rings. The van der Waals surface area contributed by atoms with Crippen LogP contribution in [0.5, 0.6) is 11.5 Å². The normalized spacial score (nSPS) is 28.8. The van der Waals surface area contributed by atoms with E-state index in [4.69, 9.17) is 27.9 Å². The highest BCUT2D eigenvalue weighted by Gasteiger charge is 2.77. The van der Waals surface area contributed by atoms with Crippen molar-refractivity contribution in [1.82, 2.24) is 0 Å². The number of halogens is 9. The van der Waals surface area contributed by atoms with E-state index in [1.54, 1.807) is 0 Å². The maximum Gasteiger partial charge on any atom is 0.416 e. The molecule has 272 valence electrons. The second-order valence-corrected chi connectivity index (χ2v) is 14.2. The molecule has 0 bridgehead atoms. The van der Waals surface area contributed by atoms with Gasteiger partial charge in [0, 0.05) is 11.5 Å². The Balaban J connectivity index is 1.40. The van der Waals surface area contributed by atoms with Gasteiger partial charge in [-0.05, 0) is 79.4 Å². The molecule has 3 aromatic carbocycles. The summed E-state index contributed by atoms with van der Waals surface area (Å²) in [5, 5.41) is 11.2. The highest BCUT2D eigenvalue weighted by atomic mass is 35.5. The van der Waals surface area contributed by atoms with Crippen LogP contribution in [-0.4, -0.2) is 45.6 Å². The number of phenols is 1. The molecule has 2 aliphatic carbocycles. The van der Waals surface area contributed by atoms with Gasteiger partial charge in [0.2, 0.25) is 11.8 Å². The molecule has 0 aromatic heterocycles. The molecule has 7 rings (SSSR count). The molecule has 2 saturated heterocycles. The highest BCUT2D eigenvalue weighted by molar-refractivity contribution is 6.58. The number of carbonyl (C=O) groups is 4. The summed E-state index contributed by atoms with van der Waals surface area (Å²) >= 11 is 14.5. The number of rotatable bonds is 4. The van der Waals surface area contributed by atoms with Crippen LogP contribution in [0.4, 0.5) is 42.1 Å². The second kappa shape index (κ2) is 11.7. The smallest absolute Gasteiger partial charge is 0.416 e. The molecule has 52 heavy (non-hydrogen) atoms. The van der Waals surface area contributed by atoms with Gasteiger partial charge in [-0.3, -0.25) is 19.2 Å². The van der Waals surface area contributed by atoms with Crippen LogP contribution in [0.3, 0.4) is 0 Å². The van der Waals surface area contributed by atoms with Crippen molar-refractivity contribution in [2.24, 2.45) is 17.8 Å². The first kappa shape index (κ1) is 35.8. The Morgan fingerprint density at radius 2 is 1.40 bits per heavy atom. The third kappa shape index (κ3) is 5.02. The number of hydrogen-bond acceptors (Lipinski definition) is 6. The van der Waals surface area contributed by atoms with Gasteiger partial charge in [0.05, 0.1) is 41.4 Å². The maximum absolute atomic E-state index is 14.4. The van der Waals surface area contributed by atoms with Crippen LogP contribution in [0.1, 0.15) is 35.4 Å². The zero-order chi connectivity index (χ0) is 37.9. The highest BCUT2D eigenvalue weighted by Crippen LogP contribution is 2.66. The topological polar surface area (TPSA) is 104 Å². The minimum Gasteiger partial charge on any atom is -0.508 e. The Labute approximate surface area is 299 Å². The minimum absolute atomic E-state index is 0.0720. The molecule has 4 aliphatic rings. The molecule has 17 heteroatoms. The van der Waals surface area contributed by atoms with Crippen LogP contribution in [0.25, 0.3) is 0 Å². The number of methoxy groups -OCH3 is 1. The zero-order valence-corrected chi connectivity index (χ0v) is 27.9. The van der Waals surface area contributed by atoms with Crippen molar-refractivity contribution in [3.05, 3.63) is 94.8 Å². The van der Waals surface area contributed by atoms with Gasteiger partial charge in [-0.1, -0.05) is 11.6 Å². The molecule has 0 spiro atoms. The first-order chi connectivity index (χ1) is 24.2. The quantitative estimate of drug-likeness (QED) is 0.129. The summed E-state index contributed by atoms with van der Waals surface area (Å²) in [5.41, 5.74) is -4.48. The summed E-state index contributed by atoms with van der Waals surface area (Å²) in [7, 11) is 1.31. The molecule has 1 N–H and O–H groups in total. The number of amides is 4. The van der Waals surface area contributed by atoms with Gasteiger partial charge in [0.25, 0.3) is 11.8 Å². The summed E-state index contributed by atoms with van der Waals surface area (Å²) in [6.45, 7) is 0. The number of phenolic OH excluding ortho intramolecular Hbond substituents is 1. The van der Waals surface area contributed by atoms with E-state index in [9.17, 15) is 55.0 Å². The van der Waals surface area contributed by atoms with Crippen LogP contribution in [0.15, 0.2) is 72.3 Å². The molecule has 1 saturated carbocycles. The largest absolute Gasteiger partial charge is 0.508 e. The fourth-order valence-electron chi connectivity index (χ4n) is 7.96. The van der Waals surface area contributed by atoms with Gasteiger partial charge in [0.1, 0.15) is 17.3 Å². The predicted molar refractivity (Wildman–Crippen MR) is 170 cm³/mol. The number of anilines is 2. The van der Waals surface area contributed by atoms with Crippen LogP contribution >= 0.6 is 23.2 Å². The molecule has 8 nitrogen and oxygen atoms in total. The second-order valence-electron chi connectivity index (χ2n) is 13.0. The third-order valence-electron chi connectivity index (χ3n) is 10.3. The van der Waals surface area contributed by atoms with Gasteiger partial charge in [-0.15, -0.1) is 23.2 Å². The number of alkyl halides is 8. The van der Waals surface area contributed by atoms with Crippen molar-refractivity contribution in [2.45, 2.75) is 40.9 Å². The lowest BCUT2D eigenvalue weighted by molar-refractivity contribution is -0.143. The molecular formula is C35H23Cl2F7N2O6. The zero-order valence-electron chi connectivity index (χ0n) is 26.4. The summed E-state index contributed by atoms with van der Waals surface area (Å²) in [5.74, 6) is -11.0. The average Bonchev–Trinajstić information content (AvgIpc) is 3.42. The van der Waals surface area contributed by atoms with Crippen LogP contribution < -0.4 is 14.5 Å². The van der Waals surface area contributed by atoms with Crippen molar-refractivity contribution < 1.29 is 59.8 Å². The number of benzene rings is 3. The van der Waals surface area contributed by atoms with E-state index < -0.39 is 104 Å². The number of aromatic hydroxyl groups is 1. The SMILES string of the molecule is COc1ccc(O)c(C2C3=CCC4C(=O)N(c5cc(C(F)(F)F)cc(C(F)(F)F)c5)C(=O)C4C3CC3(Cl)C(=O)N(c4ccc(F)cc4)C(=O)C23Cl)c1. The van der Waals surface area contributed by atoms with E-state index in [1.165, 1.54) is 31.4 Å². The van der Waals surface area contributed by atoms with Gasteiger partial charge < -0.3 is 9.84 Å². The van der Waals surface area contributed by atoms with E-state index in [2.05, 4.69) is 0 Å². The average molecular weight is 771 g/mol. The molecule has 6 atom stereocenters. The van der Waals surface area contributed by atoms with Gasteiger partial charge >= 0.3 is 12.4 Å². The number of allylic oxidation sites excluding steroid dienone is 2. The molecular weight excluding hydrogens is 748 g/mol. The Morgan fingerprint density at radius 3 is 1.98 bits per heavy atom. The Hall–Kier alpha value is -4.63. The van der Waals surface area contributed by atoms with E-state index in [0.29, 0.717) is 4.90 Å². The van der Waals surface area contributed by atoms with Crippen molar-refractivity contribution >= 4 is 58.2 Å². The fourth-order valence-corrected chi connectivity index (χ4v) is 8.88. The van der Waals surface area contributed by atoms with Crippen molar-refractivity contribution in [3.63, 3.8) is 0 Å². The first-order valence-electron chi connectivity index (χ1n) is 15.5. The van der Waals surface area contributed by atoms with E-state index >= 15 is 0 Å². The maximum atomic E-state index is 14.4. The third-order valence-corrected chi connectivity index (χ3v) is 11.7. The fraction of sp³-hybridized carbons (Fsp3) is 0.314.